The molecule has 1 aromatic rings. The van der Waals surface area contributed by atoms with Gasteiger partial charge in [-0.25, -0.2) is 4.98 Å². The van der Waals surface area contributed by atoms with Crippen molar-refractivity contribution in [1.29, 1.82) is 0 Å². The molecule has 0 aliphatic rings. The maximum Gasteiger partial charge on any atom is 0.179 e. The Morgan fingerprint density at radius 1 is 1.42 bits per heavy atom. The maximum absolute atomic E-state index is 10.9. The van der Waals surface area contributed by atoms with E-state index in [1.165, 1.54) is 13.1 Å². The van der Waals surface area contributed by atoms with Crippen LogP contribution in [0.1, 0.15) is 42.9 Å². The van der Waals surface area contributed by atoms with Gasteiger partial charge in [0.1, 0.15) is 5.69 Å². The Balaban J connectivity index is 3.04. The first-order valence-corrected chi connectivity index (χ1v) is 3.94. The van der Waals surface area contributed by atoms with Gasteiger partial charge < -0.3 is 0 Å². The Kier molecular flexibility index (Phi) is 2.53. The minimum atomic E-state index is -0.0370. The summed E-state index contributed by atoms with van der Waals surface area (Å²) in [6.45, 7) is 5.54. The van der Waals surface area contributed by atoms with Crippen LogP contribution in [0, 0.1) is 0 Å². The van der Waals surface area contributed by atoms with Gasteiger partial charge in [-0.15, -0.1) is 0 Å². The molecule has 1 rings (SSSR count). The van der Waals surface area contributed by atoms with Crippen molar-refractivity contribution in [2.45, 2.75) is 26.7 Å². The van der Waals surface area contributed by atoms with Crippen molar-refractivity contribution in [2.24, 2.45) is 0 Å². The van der Waals surface area contributed by atoms with Crippen LogP contribution in [-0.2, 0) is 0 Å². The summed E-state index contributed by atoms with van der Waals surface area (Å²) in [6.07, 6.45) is 3.19. The fourth-order valence-electron chi connectivity index (χ4n) is 0.829. The molecule has 0 unspecified atom stereocenters. The molecule has 1 aromatic heterocycles. The summed E-state index contributed by atoms with van der Waals surface area (Å²) in [5, 5.41) is 0. The molecule has 1 heterocycles. The molecule has 64 valence electrons. The number of rotatable bonds is 2. The monoisotopic (exact) mass is 164 g/mol. The largest absolute Gasteiger partial charge is 0.293 e. The van der Waals surface area contributed by atoms with Crippen molar-refractivity contribution in [3.63, 3.8) is 0 Å². The predicted molar refractivity (Wildman–Crippen MR) is 46.1 cm³/mol. The molecule has 0 spiro atoms. The van der Waals surface area contributed by atoms with E-state index in [0.29, 0.717) is 11.6 Å². The van der Waals surface area contributed by atoms with Crippen LogP contribution in [0.25, 0.3) is 0 Å². The molecule has 0 atom stereocenters. The molecular formula is C9H12N2O. The van der Waals surface area contributed by atoms with E-state index in [0.717, 1.165) is 5.69 Å². The maximum atomic E-state index is 10.9. The van der Waals surface area contributed by atoms with Gasteiger partial charge in [0.05, 0.1) is 11.9 Å². The molecule has 0 radical (unpaired) electrons. The highest BCUT2D eigenvalue weighted by atomic mass is 16.1. The average molecular weight is 164 g/mol. The number of aromatic nitrogens is 2. The summed E-state index contributed by atoms with van der Waals surface area (Å²) < 4.78 is 0. The van der Waals surface area contributed by atoms with Crippen molar-refractivity contribution in [3.05, 3.63) is 23.8 Å². The number of nitrogens with zero attached hydrogens (tertiary/aromatic N) is 2. The van der Waals surface area contributed by atoms with E-state index < -0.39 is 0 Å². The number of Topliss-reactive ketones (excluding diaryl/α,β-unsaturated/α-hetero) is 1. The van der Waals surface area contributed by atoms with Gasteiger partial charge in [-0.1, -0.05) is 13.8 Å². The fourth-order valence-corrected chi connectivity index (χ4v) is 0.829. The van der Waals surface area contributed by atoms with E-state index in [2.05, 4.69) is 9.97 Å². The van der Waals surface area contributed by atoms with Crippen LogP contribution in [-0.4, -0.2) is 15.8 Å². The Labute approximate surface area is 71.9 Å². The van der Waals surface area contributed by atoms with Crippen molar-refractivity contribution >= 4 is 5.78 Å². The lowest BCUT2D eigenvalue weighted by atomic mass is 10.1. The van der Waals surface area contributed by atoms with Gasteiger partial charge >= 0.3 is 0 Å². The van der Waals surface area contributed by atoms with Gasteiger partial charge in [-0.05, 0) is 5.92 Å². The van der Waals surface area contributed by atoms with Crippen LogP contribution in [0.4, 0.5) is 0 Å². The number of carbonyl (C=O) groups excluding carboxylic acids is 1. The SMILES string of the molecule is CC(=O)c1cncc(C(C)C)n1. The highest BCUT2D eigenvalue weighted by molar-refractivity contribution is 5.91. The van der Waals surface area contributed by atoms with Crippen molar-refractivity contribution < 1.29 is 4.79 Å². The summed E-state index contributed by atoms with van der Waals surface area (Å²) >= 11 is 0. The summed E-state index contributed by atoms with van der Waals surface area (Å²) in [6, 6.07) is 0. The van der Waals surface area contributed by atoms with Gasteiger partial charge in [0.25, 0.3) is 0 Å². The van der Waals surface area contributed by atoms with Gasteiger partial charge in [-0.2, -0.15) is 0 Å². The summed E-state index contributed by atoms with van der Waals surface area (Å²) in [4.78, 5) is 19.0. The third kappa shape index (κ3) is 1.87. The molecule has 0 N–H and O–H groups in total. The van der Waals surface area contributed by atoms with Crippen LogP contribution in [0.3, 0.4) is 0 Å². The van der Waals surface area contributed by atoms with E-state index in [4.69, 9.17) is 0 Å². The molecule has 0 saturated carbocycles. The first kappa shape index (κ1) is 8.84. The number of hydrogen-bond acceptors (Lipinski definition) is 3. The molecular weight excluding hydrogens is 152 g/mol. The zero-order valence-corrected chi connectivity index (χ0v) is 7.53. The minimum Gasteiger partial charge on any atom is -0.293 e. The van der Waals surface area contributed by atoms with Gasteiger partial charge in [-0.3, -0.25) is 9.78 Å². The lowest BCUT2D eigenvalue weighted by Crippen LogP contribution is -2.02. The Morgan fingerprint density at radius 3 is 2.58 bits per heavy atom. The second kappa shape index (κ2) is 3.43. The molecule has 3 nitrogen and oxygen atoms in total. The number of hydrogen-bond donors (Lipinski definition) is 0. The molecule has 0 aliphatic carbocycles. The summed E-state index contributed by atoms with van der Waals surface area (Å²) in [5.41, 5.74) is 1.31. The van der Waals surface area contributed by atoms with E-state index in [-0.39, 0.29) is 5.78 Å². The lowest BCUT2D eigenvalue weighted by molar-refractivity contribution is 0.101. The molecule has 0 amide bonds. The minimum absolute atomic E-state index is 0.0370. The molecule has 0 aromatic carbocycles. The van der Waals surface area contributed by atoms with Gasteiger partial charge in [0, 0.05) is 13.1 Å². The van der Waals surface area contributed by atoms with Crippen molar-refractivity contribution in [2.75, 3.05) is 0 Å². The molecule has 0 saturated heterocycles. The normalized spacial score (nSPS) is 10.3. The van der Waals surface area contributed by atoms with Gasteiger partial charge in [0.2, 0.25) is 0 Å². The number of ketones is 1. The van der Waals surface area contributed by atoms with Crippen LogP contribution >= 0.6 is 0 Å². The highest BCUT2D eigenvalue weighted by Gasteiger charge is 2.05. The molecule has 0 fully saturated rings. The zero-order chi connectivity index (χ0) is 9.14. The van der Waals surface area contributed by atoms with Crippen LogP contribution < -0.4 is 0 Å². The summed E-state index contributed by atoms with van der Waals surface area (Å²) in [5.74, 6) is 0.279. The first-order valence-electron chi connectivity index (χ1n) is 3.94. The topological polar surface area (TPSA) is 42.9 Å². The standard InChI is InChI=1S/C9H12N2O/c1-6(2)8-4-10-5-9(11-8)7(3)12/h4-6H,1-3H3. The Morgan fingerprint density at radius 2 is 2.08 bits per heavy atom. The average Bonchev–Trinajstić information content (AvgIpc) is 2.04. The van der Waals surface area contributed by atoms with E-state index in [9.17, 15) is 4.79 Å². The smallest absolute Gasteiger partial charge is 0.179 e. The third-order valence-electron chi connectivity index (χ3n) is 1.61. The second-order valence-electron chi connectivity index (χ2n) is 3.04. The highest BCUT2D eigenvalue weighted by Crippen LogP contribution is 2.09. The van der Waals surface area contributed by atoms with Gasteiger partial charge in [0.15, 0.2) is 5.78 Å². The molecule has 0 bridgehead atoms. The van der Waals surface area contributed by atoms with E-state index in [1.54, 1.807) is 6.20 Å². The Hall–Kier alpha value is -1.25. The fraction of sp³-hybridized carbons (Fsp3) is 0.444. The number of carbonyl (C=O) groups is 1. The van der Waals surface area contributed by atoms with Crippen molar-refractivity contribution in [3.8, 4) is 0 Å². The third-order valence-corrected chi connectivity index (χ3v) is 1.61. The van der Waals surface area contributed by atoms with E-state index in [1.807, 2.05) is 13.8 Å². The molecule has 12 heavy (non-hydrogen) atoms. The predicted octanol–water partition coefficient (Wildman–Crippen LogP) is 1.80. The quantitative estimate of drug-likeness (QED) is 0.626. The summed E-state index contributed by atoms with van der Waals surface area (Å²) in [7, 11) is 0. The van der Waals surface area contributed by atoms with Crippen LogP contribution in [0.2, 0.25) is 0 Å². The second-order valence-corrected chi connectivity index (χ2v) is 3.04. The van der Waals surface area contributed by atoms with Crippen molar-refractivity contribution in [1.82, 2.24) is 9.97 Å². The van der Waals surface area contributed by atoms with Crippen LogP contribution in [0.5, 0.6) is 0 Å². The zero-order valence-electron chi connectivity index (χ0n) is 7.53. The molecule has 3 heteroatoms. The van der Waals surface area contributed by atoms with E-state index >= 15 is 0 Å². The lowest BCUT2D eigenvalue weighted by Gasteiger charge is -2.03. The first-order chi connectivity index (χ1) is 5.61. The van der Waals surface area contributed by atoms with Crippen LogP contribution in [0.15, 0.2) is 12.4 Å². The molecule has 0 aliphatic heterocycles. The Bertz CT molecular complexity index is 294.